The predicted molar refractivity (Wildman–Crippen MR) is 92.8 cm³/mol. The fourth-order valence-electron chi connectivity index (χ4n) is 2.01. The topological polar surface area (TPSA) is 64.6 Å². The first-order chi connectivity index (χ1) is 11.6. The number of aryl methyl sites for hydroxylation is 1. The Bertz CT molecular complexity index is 753. The molecule has 0 aliphatic carbocycles. The molecule has 0 fully saturated rings. The lowest BCUT2D eigenvalue weighted by molar-refractivity contribution is -0.142. The fraction of sp³-hybridized carbons (Fsp3) is 0.158. The molecule has 5 nitrogen and oxygen atoms in total. The number of ether oxygens (including phenoxy) is 2. The second kappa shape index (κ2) is 8.53. The van der Waals surface area contributed by atoms with Gasteiger partial charge in [-0.05, 0) is 48.4 Å². The first-order valence-corrected chi connectivity index (χ1v) is 7.42. The van der Waals surface area contributed by atoms with E-state index < -0.39 is 5.97 Å². The minimum absolute atomic E-state index is 0.338. The molecule has 1 N–H and O–H groups in total. The SMILES string of the molecule is COc1cccc(/C=C/C(=O)OCC(=O)Nc2cccc(C)c2)c1. The molecule has 0 atom stereocenters. The number of anilines is 1. The minimum Gasteiger partial charge on any atom is -0.497 e. The van der Waals surface area contributed by atoms with Gasteiger partial charge in [0.15, 0.2) is 6.61 Å². The molecule has 24 heavy (non-hydrogen) atoms. The van der Waals surface area contributed by atoms with Crippen molar-refractivity contribution in [2.75, 3.05) is 19.0 Å². The van der Waals surface area contributed by atoms with Crippen LogP contribution in [0.2, 0.25) is 0 Å². The molecule has 0 aromatic heterocycles. The molecule has 0 saturated heterocycles. The number of rotatable bonds is 6. The van der Waals surface area contributed by atoms with Crippen LogP contribution in [0.15, 0.2) is 54.6 Å². The van der Waals surface area contributed by atoms with Gasteiger partial charge in [-0.15, -0.1) is 0 Å². The lowest BCUT2D eigenvalue weighted by Gasteiger charge is -2.06. The van der Waals surface area contributed by atoms with E-state index in [0.29, 0.717) is 11.4 Å². The summed E-state index contributed by atoms with van der Waals surface area (Å²) in [6.07, 6.45) is 2.87. The molecule has 0 saturated carbocycles. The van der Waals surface area contributed by atoms with Gasteiger partial charge in [-0.25, -0.2) is 4.79 Å². The summed E-state index contributed by atoms with van der Waals surface area (Å²) in [7, 11) is 1.57. The Labute approximate surface area is 140 Å². The van der Waals surface area contributed by atoms with E-state index in [4.69, 9.17) is 9.47 Å². The zero-order valence-corrected chi connectivity index (χ0v) is 13.6. The van der Waals surface area contributed by atoms with Crippen molar-refractivity contribution in [3.8, 4) is 5.75 Å². The van der Waals surface area contributed by atoms with E-state index in [1.165, 1.54) is 6.08 Å². The number of hydrogen-bond donors (Lipinski definition) is 1. The summed E-state index contributed by atoms with van der Waals surface area (Å²) in [6, 6.07) is 14.6. The number of benzene rings is 2. The largest absolute Gasteiger partial charge is 0.497 e. The maximum Gasteiger partial charge on any atom is 0.331 e. The lowest BCUT2D eigenvalue weighted by Crippen LogP contribution is -2.20. The quantitative estimate of drug-likeness (QED) is 0.654. The maximum atomic E-state index is 11.8. The molecule has 0 bridgehead atoms. The Morgan fingerprint density at radius 1 is 1.12 bits per heavy atom. The van der Waals surface area contributed by atoms with Crippen molar-refractivity contribution in [2.24, 2.45) is 0 Å². The van der Waals surface area contributed by atoms with E-state index in [9.17, 15) is 9.59 Å². The minimum atomic E-state index is -0.586. The number of carbonyl (C=O) groups is 2. The van der Waals surface area contributed by atoms with Crippen LogP contribution in [0.4, 0.5) is 5.69 Å². The molecule has 0 aliphatic heterocycles. The van der Waals surface area contributed by atoms with Gasteiger partial charge < -0.3 is 14.8 Å². The molecule has 2 aromatic carbocycles. The lowest BCUT2D eigenvalue weighted by atomic mass is 10.2. The van der Waals surface area contributed by atoms with Crippen LogP contribution in [0, 0.1) is 6.92 Å². The van der Waals surface area contributed by atoms with E-state index in [-0.39, 0.29) is 12.5 Å². The summed E-state index contributed by atoms with van der Waals surface area (Å²) in [4.78, 5) is 23.4. The Balaban J connectivity index is 1.81. The Morgan fingerprint density at radius 3 is 2.67 bits per heavy atom. The first-order valence-electron chi connectivity index (χ1n) is 7.42. The molecule has 2 aromatic rings. The second-order valence-corrected chi connectivity index (χ2v) is 5.14. The van der Waals surface area contributed by atoms with Gasteiger partial charge in [0, 0.05) is 11.8 Å². The molecule has 0 radical (unpaired) electrons. The molecule has 0 spiro atoms. The van der Waals surface area contributed by atoms with Crippen molar-refractivity contribution in [3.05, 3.63) is 65.7 Å². The highest BCUT2D eigenvalue weighted by Crippen LogP contribution is 2.13. The zero-order chi connectivity index (χ0) is 17.4. The summed E-state index contributed by atoms with van der Waals surface area (Å²) in [5, 5.41) is 2.67. The van der Waals surface area contributed by atoms with Gasteiger partial charge in [0.2, 0.25) is 0 Å². The number of esters is 1. The van der Waals surface area contributed by atoms with Gasteiger partial charge in [0.1, 0.15) is 5.75 Å². The predicted octanol–water partition coefficient (Wildman–Crippen LogP) is 3.20. The third-order valence-electron chi connectivity index (χ3n) is 3.15. The maximum absolute atomic E-state index is 11.8. The van der Waals surface area contributed by atoms with E-state index in [1.54, 1.807) is 25.3 Å². The van der Waals surface area contributed by atoms with Crippen molar-refractivity contribution in [3.63, 3.8) is 0 Å². The molecule has 0 heterocycles. The highest BCUT2D eigenvalue weighted by molar-refractivity contribution is 5.94. The van der Waals surface area contributed by atoms with Crippen molar-refractivity contribution in [2.45, 2.75) is 6.92 Å². The molecular weight excluding hydrogens is 306 g/mol. The third-order valence-corrected chi connectivity index (χ3v) is 3.15. The third kappa shape index (κ3) is 5.61. The molecule has 5 heteroatoms. The second-order valence-electron chi connectivity index (χ2n) is 5.14. The van der Waals surface area contributed by atoms with Crippen molar-refractivity contribution < 1.29 is 19.1 Å². The number of hydrogen-bond acceptors (Lipinski definition) is 4. The van der Waals surface area contributed by atoms with E-state index in [0.717, 1.165) is 11.1 Å². The van der Waals surface area contributed by atoms with Crippen LogP contribution in [0.25, 0.3) is 6.08 Å². The number of methoxy groups -OCH3 is 1. The molecular formula is C19H19NO4. The normalized spacial score (nSPS) is 10.4. The standard InChI is InChI=1S/C19H19NO4/c1-14-5-3-7-16(11-14)20-18(21)13-24-19(22)10-9-15-6-4-8-17(12-15)23-2/h3-12H,13H2,1-2H3,(H,20,21)/b10-9+. The van der Waals surface area contributed by atoms with Gasteiger partial charge in [0.05, 0.1) is 7.11 Å². The van der Waals surface area contributed by atoms with Crippen LogP contribution in [-0.4, -0.2) is 25.6 Å². The average molecular weight is 325 g/mol. The van der Waals surface area contributed by atoms with Crippen molar-refractivity contribution in [1.29, 1.82) is 0 Å². The van der Waals surface area contributed by atoms with Gasteiger partial charge in [-0.1, -0.05) is 24.3 Å². The van der Waals surface area contributed by atoms with E-state index in [2.05, 4.69) is 5.32 Å². The summed E-state index contributed by atoms with van der Waals surface area (Å²) < 4.78 is 10.0. The van der Waals surface area contributed by atoms with Crippen molar-refractivity contribution in [1.82, 2.24) is 0 Å². The van der Waals surface area contributed by atoms with Crippen LogP contribution in [-0.2, 0) is 14.3 Å². The first kappa shape index (κ1) is 17.3. The number of amides is 1. The zero-order valence-electron chi connectivity index (χ0n) is 13.6. The highest BCUT2D eigenvalue weighted by Gasteiger charge is 2.05. The molecule has 0 unspecified atom stereocenters. The molecule has 0 aliphatic rings. The summed E-state index contributed by atoms with van der Waals surface area (Å²) in [5.74, 6) is -0.274. The van der Waals surface area contributed by atoms with E-state index >= 15 is 0 Å². The van der Waals surface area contributed by atoms with Crippen molar-refractivity contribution >= 4 is 23.6 Å². The Kier molecular flexibility index (Phi) is 6.14. The summed E-state index contributed by atoms with van der Waals surface area (Å²) in [6.45, 7) is 1.59. The van der Waals surface area contributed by atoms with Gasteiger partial charge in [-0.3, -0.25) is 4.79 Å². The van der Waals surface area contributed by atoms with Crippen LogP contribution < -0.4 is 10.1 Å². The average Bonchev–Trinajstić information content (AvgIpc) is 2.58. The van der Waals surface area contributed by atoms with Gasteiger partial charge in [-0.2, -0.15) is 0 Å². The van der Waals surface area contributed by atoms with E-state index in [1.807, 2.05) is 43.3 Å². The van der Waals surface area contributed by atoms with Crippen LogP contribution in [0.5, 0.6) is 5.75 Å². The molecule has 124 valence electrons. The summed E-state index contributed by atoms with van der Waals surface area (Å²) >= 11 is 0. The number of nitrogens with one attached hydrogen (secondary N) is 1. The summed E-state index contributed by atoms with van der Waals surface area (Å²) in [5.41, 5.74) is 2.50. The van der Waals surface area contributed by atoms with Gasteiger partial charge in [0.25, 0.3) is 5.91 Å². The monoisotopic (exact) mass is 325 g/mol. The van der Waals surface area contributed by atoms with Gasteiger partial charge >= 0.3 is 5.97 Å². The molecule has 1 amide bonds. The van der Waals surface area contributed by atoms with Crippen LogP contribution in [0.3, 0.4) is 0 Å². The highest BCUT2D eigenvalue weighted by atomic mass is 16.5. The molecule has 2 rings (SSSR count). The fourth-order valence-corrected chi connectivity index (χ4v) is 2.01. The Hall–Kier alpha value is -3.08. The van der Waals surface area contributed by atoms with Crippen LogP contribution in [0.1, 0.15) is 11.1 Å². The smallest absolute Gasteiger partial charge is 0.331 e. The van der Waals surface area contributed by atoms with Crippen LogP contribution >= 0.6 is 0 Å². The Morgan fingerprint density at radius 2 is 1.92 bits per heavy atom. The number of carbonyl (C=O) groups excluding carboxylic acids is 2.